The van der Waals surface area contributed by atoms with E-state index in [4.69, 9.17) is 4.42 Å². The highest BCUT2D eigenvalue weighted by molar-refractivity contribution is 5.95. The van der Waals surface area contributed by atoms with Crippen molar-refractivity contribution >= 4 is 30.7 Å². The lowest BCUT2D eigenvalue weighted by Crippen LogP contribution is -2.33. The number of aryl methyl sites for hydroxylation is 1. The minimum Gasteiger partial charge on any atom is -0.427 e. The van der Waals surface area contributed by atoms with Gasteiger partial charge in [0.05, 0.1) is 0 Å². The number of halogens is 2. The zero-order chi connectivity index (χ0) is 18.2. The van der Waals surface area contributed by atoms with Gasteiger partial charge in [0.15, 0.2) is 0 Å². The van der Waals surface area contributed by atoms with Crippen LogP contribution in [0.5, 0.6) is 0 Å². The van der Waals surface area contributed by atoms with Crippen molar-refractivity contribution in [3.63, 3.8) is 0 Å². The van der Waals surface area contributed by atoms with Crippen LogP contribution in [0, 0.1) is 6.92 Å². The second-order valence-corrected chi connectivity index (χ2v) is 6.67. The molecule has 1 aromatic heterocycles. The largest absolute Gasteiger partial charge is 0.427 e. The molecule has 2 heterocycles. The lowest BCUT2D eigenvalue weighted by molar-refractivity contribution is 0.0946. The predicted octanol–water partition coefficient (Wildman–Crippen LogP) is 2.72. The maximum atomic E-state index is 12.4. The molecule has 0 radical (unpaired) electrons. The summed E-state index contributed by atoms with van der Waals surface area (Å²) < 4.78 is 5.46. The first-order chi connectivity index (χ1) is 12.1. The Morgan fingerprint density at radius 3 is 2.59 bits per heavy atom. The lowest BCUT2D eigenvalue weighted by atomic mass is 9.95. The normalized spacial score (nSPS) is 16.4. The monoisotopic (exact) mass is 421 g/mol. The Kier molecular flexibility index (Phi) is 12.6. The summed E-state index contributed by atoms with van der Waals surface area (Å²) in [4.78, 5) is 27.0. The molecule has 1 fully saturated rings. The second kappa shape index (κ2) is 13.2. The standard InChI is InChI=1S/C19H31N3O3.2ClH/c1-4-22(5-2)11-7-10-21-18(23)17-14(3)12-16(25-19(17)24)15-8-6-9-20-13-15;;/h12,15,20H,4-11,13H2,1-3H3,(H,21,23);2*1H. The molecule has 1 aromatic rings. The van der Waals surface area contributed by atoms with Crippen LogP contribution in [-0.4, -0.2) is 50.1 Å². The van der Waals surface area contributed by atoms with Gasteiger partial charge < -0.3 is 20.0 Å². The van der Waals surface area contributed by atoms with E-state index in [0.717, 1.165) is 52.0 Å². The van der Waals surface area contributed by atoms with Gasteiger partial charge in [-0.3, -0.25) is 4.79 Å². The van der Waals surface area contributed by atoms with Gasteiger partial charge in [0.2, 0.25) is 0 Å². The smallest absolute Gasteiger partial charge is 0.349 e. The molecule has 0 aromatic carbocycles. The molecule has 156 valence electrons. The van der Waals surface area contributed by atoms with E-state index < -0.39 is 5.63 Å². The van der Waals surface area contributed by atoms with Crippen LogP contribution in [0.2, 0.25) is 0 Å². The number of nitrogens with zero attached hydrogens (tertiary/aromatic N) is 1. The van der Waals surface area contributed by atoms with Crippen molar-refractivity contribution in [1.82, 2.24) is 15.5 Å². The quantitative estimate of drug-likeness (QED) is 0.631. The van der Waals surface area contributed by atoms with Crippen molar-refractivity contribution in [2.45, 2.75) is 46.0 Å². The molecule has 2 N–H and O–H groups in total. The minimum atomic E-state index is -0.526. The Balaban J connectivity index is 0.00000338. The molecular formula is C19H33Cl2N3O3. The molecule has 1 atom stereocenters. The summed E-state index contributed by atoms with van der Waals surface area (Å²) >= 11 is 0. The first-order valence-corrected chi connectivity index (χ1v) is 9.42. The maximum Gasteiger partial charge on any atom is 0.349 e. The van der Waals surface area contributed by atoms with Gasteiger partial charge in [0.1, 0.15) is 11.3 Å². The molecule has 8 heteroatoms. The molecule has 1 unspecified atom stereocenters. The molecule has 1 aliphatic rings. The Bertz CT molecular complexity index is 627. The number of hydrogen-bond acceptors (Lipinski definition) is 5. The highest BCUT2D eigenvalue weighted by Crippen LogP contribution is 2.23. The molecule has 0 aliphatic carbocycles. The van der Waals surface area contributed by atoms with Crippen molar-refractivity contribution in [2.75, 3.05) is 39.3 Å². The number of piperidine rings is 1. The highest BCUT2D eigenvalue weighted by Gasteiger charge is 2.22. The Labute approximate surface area is 174 Å². The summed E-state index contributed by atoms with van der Waals surface area (Å²) in [5, 5.41) is 6.16. The SMILES string of the molecule is CCN(CC)CCCNC(=O)c1c(C)cc(C2CCCNC2)oc1=O.Cl.Cl. The third-order valence-corrected chi connectivity index (χ3v) is 4.93. The van der Waals surface area contributed by atoms with Gasteiger partial charge in [0, 0.05) is 19.0 Å². The van der Waals surface area contributed by atoms with Gasteiger partial charge >= 0.3 is 5.63 Å². The van der Waals surface area contributed by atoms with Gasteiger partial charge in [-0.1, -0.05) is 13.8 Å². The van der Waals surface area contributed by atoms with Crippen molar-refractivity contribution in [3.05, 3.63) is 33.4 Å². The molecule has 0 saturated carbocycles. The molecule has 1 saturated heterocycles. The number of amides is 1. The van der Waals surface area contributed by atoms with Crippen LogP contribution < -0.4 is 16.3 Å². The number of hydrogen-bond donors (Lipinski definition) is 2. The lowest BCUT2D eigenvalue weighted by Gasteiger charge is -2.22. The van der Waals surface area contributed by atoms with E-state index in [0.29, 0.717) is 17.9 Å². The zero-order valence-electron chi connectivity index (χ0n) is 16.5. The van der Waals surface area contributed by atoms with Crippen molar-refractivity contribution in [1.29, 1.82) is 0 Å². The molecule has 27 heavy (non-hydrogen) atoms. The summed E-state index contributed by atoms with van der Waals surface area (Å²) in [6, 6.07) is 1.85. The fourth-order valence-corrected chi connectivity index (χ4v) is 3.33. The van der Waals surface area contributed by atoms with Crippen LogP contribution >= 0.6 is 24.8 Å². The summed E-state index contributed by atoms with van der Waals surface area (Å²) in [6.07, 6.45) is 2.94. The van der Waals surface area contributed by atoms with E-state index in [-0.39, 0.29) is 42.2 Å². The van der Waals surface area contributed by atoms with Crippen LogP contribution in [0.15, 0.2) is 15.3 Å². The summed E-state index contributed by atoms with van der Waals surface area (Å²) in [7, 11) is 0. The van der Waals surface area contributed by atoms with Crippen molar-refractivity contribution < 1.29 is 9.21 Å². The van der Waals surface area contributed by atoms with E-state index >= 15 is 0 Å². The van der Waals surface area contributed by atoms with Crippen LogP contribution in [0.1, 0.15) is 60.7 Å². The molecule has 0 spiro atoms. The van der Waals surface area contributed by atoms with E-state index in [2.05, 4.69) is 29.4 Å². The van der Waals surface area contributed by atoms with Crippen LogP contribution in [0.25, 0.3) is 0 Å². The van der Waals surface area contributed by atoms with Crippen LogP contribution in [0.4, 0.5) is 0 Å². The first-order valence-electron chi connectivity index (χ1n) is 9.42. The van der Waals surface area contributed by atoms with Gasteiger partial charge in [0.25, 0.3) is 5.91 Å². The van der Waals surface area contributed by atoms with Gasteiger partial charge in [-0.15, -0.1) is 24.8 Å². The third kappa shape index (κ3) is 7.45. The number of nitrogens with one attached hydrogen (secondary N) is 2. The minimum absolute atomic E-state index is 0. The average Bonchev–Trinajstić information content (AvgIpc) is 2.62. The molecule has 1 amide bonds. The fourth-order valence-electron chi connectivity index (χ4n) is 3.33. The topological polar surface area (TPSA) is 74.6 Å². The molecular weight excluding hydrogens is 389 g/mol. The van der Waals surface area contributed by atoms with E-state index in [1.165, 1.54) is 0 Å². The van der Waals surface area contributed by atoms with Crippen molar-refractivity contribution in [3.8, 4) is 0 Å². The number of carbonyl (C=O) groups excluding carboxylic acids is 1. The number of carbonyl (C=O) groups is 1. The molecule has 2 rings (SSSR count). The van der Waals surface area contributed by atoms with E-state index in [1.54, 1.807) is 0 Å². The molecule has 0 bridgehead atoms. The van der Waals surface area contributed by atoms with Gasteiger partial charge in [-0.05, 0) is 64.0 Å². The molecule has 1 aliphatic heterocycles. The Morgan fingerprint density at radius 1 is 1.33 bits per heavy atom. The van der Waals surface area contributed by atoms with Crippen molar-refractivity contribution in [2.24, 2.45) is 0 Å². The third-order valence-electron chi connectivity index (χ3n) is 4.93. The summed E-state index contributed by atoms with van der Waals surface area (Å²) in [5.41, 5.74) is 0.301. The Morgan fingerprint density at radius 2 is 2.04 bits per heavy atom. The highest BCUT2D eigenvalue weighted by atomic mass is 35.5. The Hall–Kier alpha value is -1.08. The van der Waals surface area contributed by atoms with E-state index in [9.17, 15) is 9.59 Å². The van der Waals surface area contributed by atoms with Gasteiger partial charge in [-0.25, -0.2) is 4.79 Å². The summed E-state index contributed by atoms with van der Waals surface area (Å²) in [6.45, 7) is 11.4. The van der Waals surface area contributed by atoms with Crippen LogP contribution in [0.3, 0.4) is 0 Å². The predicted molar refractivity (Wildman–Crippen MR) is 114 cm³/mol. The second-order valence-electron chi connectivity index (χ2n) is 6.67. The maximum absolute atomic E-state index is 12.4. The zero-order valence-corrected chi connectivity index (χ0v) is 18.1. The molecule has 6 nitrogen and oxygen atoms in total. The van der Waals surface area contributed by atoms with E-state index in [1.807, 2.05) is 13.0 Å². The summed E-state index contributed by atoms with van der Waals surface area (Å²) in [5.74, 6) is 0.568. The first kappa shape index (κ1) is 25.9. The fraction of sp³-hybridized carbons (Fsp3) is 0.684. The van der Waals surface area contributed by atoms with Gasteiger partial charge in [-0.2, -0.15) is 0 Å². The average molecular weight is 422 g/mol. The van der Waals surface area contributed by atoms with Crippen LogP contribution in [-0.2, 0) is 0 Å². The number of rotatable bonds is 8.